The predicted molar refractivity (Wildman–Crippen MR) is 115 cm³/mol. The second-order valence-electron chi connectivity index (χ2n) is 8.00. The standard InChI is InChI=1S/C22H30N6O/c1-5-28-16(3)21(15(2)25-28)24-20(29)14-27-12-8-9-17(13-27)22-23-18-10-6-7-11-19(18)26(22)4/h6-7,10-11,17H,5,8-9,12-14H2,1-4H3,(H,24,29)/t17-/m1/s1. The first-order valence-electron chi connectivity index (χ1n) is 10.5. The molecule has 0 unspecified atom stereocenters. The van der Waals surface area contributed by atoms with Crippen LogP contribution in [0.1, 0.15) is 42.9 Å². The van der Waals surface area contributed by atoms with Crippen molar-refractivity contribution in [1.82, 2.24) is 24.2 Å². The first-order valence-corrected chi connectivity index (χ1v) is 10.5. The van der Waals surface area contributed by atoms with Crippen molar-refractivity contribution in [3.05, 3.63) is 41.5 Å². The highest BCUT2D eigenvalue weighted by Crippen LogP contribution is 2.28. The molecular weight excluding hydrogens is 364 g/mol. The van der Waals surface area contributed by atoms with Gasteiger partial charge in [-0.25, -0.2) is 4.98 Å². The molecule has 0 bridgehead atoms. The summed E-state index contributed by atoms with van der Waals surface area (Å²) < 4.78 is 4.13. The number of piperidine rings is 1. The van der Waals surface area contributed by atoms with Gasteiger partial charge in [-0.2, -0.15) is 5.10 Å². The van der Waals surface area contributed by atoms with E-state index in [0.717, 1.165) is 66.4 Å². The largest absolute Gasteiger partial charge is 0.331 e. The van der Waals surface area contributed by atoms with Crippen LogP contribution in [0, 0.1) is 13.8 Å². The van der Waals surface area contributed by atoms with Gasteiger partial charge in [-0.3, -0.25) is 14.4 Å². The van der Waals surface area contributed by atoms with Gasteiger partial charge in [0.2, 0.25) is 5.91 Å². The Morgan fingerprint density at radius 2 is 2.07 bits per heavy atom. The molecule has 1 aliphatic heterocycles. The Hall–Kier alpha value is -2.67. The Labute approximate surface area is 171 Å². The molecule has 2 aromatic heterocycles. The van der Waals surface area contributed by atoms with Crippen LogP contribution in [0.4, 0.5) is 5.69 Å². The number of aromatic nitrogens is 4. The van der Waals surface area contributed by atoms with Crippen molar-refractivity contribution in [2.75, 3.05) is 25.0 Å². The molecule has 1 amide bonds. The van der Waals surface area contributed by atoms with Crippen molar-refractivity contribution in [3.63, 3.8) is 0 Å². The summed E-state index contributed by atoms with van der Waals surface area (Å²) in [5.41, 5.74) is 4.93. The maximum atomic E-state index is 12.7. The summed E-state index contributed by atoms with van der Waals surface area (Å²) in [6.45, 7) is 9.00. The molecule has 3 aromatic rings. The lowest BCUT2D eigenvalue weighted by atomic mass is 9.97. The van der Waals surface area contributed by atoms with Gasteiger partial charge < -0.3 is 9.88 Å². The van der Waals surface area contributed by atoms with Crippen molar-refractivity contribution in [3.8, 4) is 0 Å². The summed E-state index contributed by atoms with van der Waals surface area (Å²) in [6, 6.07) is 8.26. The quantitative estimate of drug-likeness (QED) is 0.721. The molecule has 0 spiro atoms. The normalized spacial score (nSPS) is 17.7. The zero-order valence-electron chi connectivity index (χ0n) is 17.8. The fourth-order valence-corrected chi connectivity index (χ4v) is 4.51. The van der Waals surface area contributed by atoms with Crippen LogP contribution in [-0.2, 0) is 18.4 Å². The molecule has 3 heterocycles. The Bertz CT molecular complexity index is 1030. The SMILES string of the molecule is CCn1nc(C)c(NC(=O)CN2CCC[C@@H](c3nc4ccccc4n3C)C2)c1C. The number of imidazole rings is 1. The minimum atomic E-state index is 0.0255. The molecule has 0 radical (unpaired) electrons. The summed E-state index contributed by atoms with van der Waals surface area (Å²) in [5.74, 6) is 1.49. The van der Waals surface area contributed by atoms with Gasteiger partial charge >= 0.3 is 0 Å². The third-order valence-corrected chi connectivity index (χ3v) is 6.01. The minimum absolute atomic E-state index is 0.0255. The highest BCUT2D eigenvalue weighted by atomic mass is 16.2. The minimum Gasteiger partial charge on any atom is -0.331 e. The number of nitrogens with one attached hydrogen (secondary N) is 1. The topological polar surface area (TPSA) is 68.0 Å². The van der Waals surface area contributed by atoms with Crippen LogP contribution in [0.25, 0.3) is 11.0 Å². The van der Waals surface area contributed by atoms with Crippen molar-refractivity contribution < 1.29 is 4.79 Å². The van der Waals surface area contributed by atoms with E-state index in [0.29, 0.717) is 12.5 Å². The number of hydrogen-bond acceptors (Lipinski definition) is 4. The third kappa shape index (κ3) is 3.79. The van der Waals surface area contributed by atoms with E-state index in [-0.39, 0.29) is 5.91 Å². The smallest absolute Gasteiger partial charge is 0.238 e. The molecule has 1 N–H and O–H groups in total. The summed E-state index contributed by atoms with van der Waals surface area (Å²) in [5, 5.41) is 7.57. The fraction of sp³-hybridized carbons (Fsp3) is 0.500. The van der Waals surface area contributed by atoms with E-state index in [2.05, 4.69) is 52.1 Å². The molecule has 7 heteroatoms. The molecule has 1 atom stereocenters. The van der Waals surface area contributed by atoms with Crippen LogP contribution in [0.3, 0.4) is 0 Å². The Balaban J connectivity index is 1.44. The number of anilines is 1. The van der Waals surface area contributed by atoms with Crippen LogP contribution in [0.2, 0.25) is 0 Å². The second kappa shape index (κ2) is 7.99. The Morgan fingerprint density at radius 3 is 2.79 bits per heavy atom. The van der Waals surface area contributed by atoms with Crippen LogP contribution in [-0.4, -0.2) is 49.8 Å². The van der Waals surface area contributed by atoms with Crippen molar-refractivity contribution in [2.45, 2.75) is 46.1 Å². The molecule has 0 aliphatic carbocycles. The average molecular weight is 395 g/mol. The number of likely N-dealkylation sites (tertiary alicyclic amines) is 1. The van der Waals surface area contributed by atoms with Gasteiger partial charge in [0.15, 0.2) is 0 Å². The number of nitrogens with zero attached hydrogens (tertiary/aromatic N) is 5. The highest BCUT2D eigenvalue weighted by molar-refractivity contribution is 5.93. The predicted octanol–water partition coefficient (Wildman–Crippen LogP) is 3.22. The molecule has 7 nitrogen and oxygen atoms in total. The number of benzene rings is 1. The molecule has 1 fully saturated rings. The number of rotatable bonds is 5. The van der Waals surface area contributed by atoms with Gasteiger partial charge in [0.25, 0.3) is 0 Å². The zero-order chi connectivity index (χ0) is 20.5. The monoisotopic (exact) mass is 394 g/mol. The first kappa shape index (κ1) is 19.6. The van der Waals surface area contributed by atoms with Crippen LogP contribution >= 0.6 is 0 Å². The number of fused-ring (bicyclic) bond motifs is 1. The molecule has 29 heavy (non-hydrogen) atoms. The van der Waals surface area contributed by atoms with Crippen LogP contribution < -0.4 is 5.32 Å². The van der Waals surface area contributed by atoms with Gasteiger partial charge in [0.05, 0.1) is 34.7 Å². The number of hydrogen-bond donors (Lipinski definition) is 1. The van der Waals surface area contributed by atoms with E-state index in [9.17, 15) is 4.79 Å². The summed E-state index contributed by atoms with van der Waals surface area (Å²) in [7, 11) is 2.09. The number of carbonyl (C=O) groups excluding carboxylic acids is 1. The summed E-state index contributed by atoms with van der Waals surface area (Å²) >= 11 is 0. The first-order chi connectivity index (χ1) is 14.0. The number of aryl methyl sites for hydroxylation is 3. The molecular formula is C22H30N6O. The van der Waals surface area contributed by atoms with Crippen LogP contribution in [0.5, 0.6) is 0 Å². The number of carbonyl (C=O) groups is 1. The van der Waals surface area contributed by atoms with Gasteiger partial charge in [0.1, 0.15) is 5.82 Å². The van der Waals surface area contributed by atoms with Crippen LogP contribution in [0.15, 0.2) is 24.3 Å². The van der Waals surface area contributed by atoms with E-state index in [1.165, 1.54) is 0 Å². The van der Waals surface area contributed by atoms with E-state index >= 15 is 0 Å². The van der Waals surface area contributed by atoms with E-state index < -0.39 is 0 Å². The van der Waals surface area contributed by atoms with Crippen molar-refractivity contribution >= 4 is 22.6 Å². The Kier molecular flexibility index (Phi) is 5.41. The number of amides is 1. The molecule has 0 saturated carbocycles. The van der Waals surface area contributed by atoms with Gasteiger partial charge in [-0.15, -0.1) is 0 Å². The average Bonchev–Trinajstić information content (AvgIpc) is 3.19. The zero-order valence-corrected chi connectivity index (χ0v) is 17.8. The maximum absolute atomic E-state index is 12.7. The lowest BCUT2D eigenvalue weighted by Crippen LogP contribution is -2.40. The molecule has 154 valence electrons. The second-order valence-corrected chi connectivity index (χ2v) is 8.00. The molecule has 1 saturated heterocycles. The lowest BCUT2D eigenvalue weighted by Gasteiger charge is -2.31. The molecule has 1 aromatic carbocycles. The van der Waals surface area contributed by atoms with Crippen molar-refractivity contribution in [1.29, 1.82) is 0 Å². The highest BCUT2D eigenvalue weighted by Gasteiger charge is 2.27. The summed E-state index contributed by atoms with van der Waals surface area (Å²) in [6.07, 6.45) is 2.18. The van der Waals surface area contributed by atoms with Gasteiger partial charge in [-0.1, -0.05) is 12.1 Å². The third-order valence-electron chi connectivity index (χ3n) is 6.01. The van der Waals surface area contributed by atoms with Gasteiger partial charge in [0, 0.05) is 26.1 Å². The fourth-order valence-electron chi connectivity index (χ4n) is 4.51. The molecule has 4 rings (SSSR count). The van der Waals surface area contributed by atoms with E-state index in [1.807, 2.05) is 24.6 Å². The Morgan fingerprint density at radius 1 is 1.28 bits per heavy atom. The summed E-state index contributed by atoms with van der Waals surface area (Å²) in [4.78, 5) is 19.8. The molecule has 1 aliphatic rings. The van der Waals surface area contributed by atoms with E-state index in [1.54, 1.807) is 0 Å². The maximum Gasteiger partial charge on any atom is 0.238 e. The lowest BCUT2D eigenvalue weighted by molar-refractivity contribution is -0.117. The van der Waals surface area contributed by atoms with E-state index in [4.69, 9.17) is 4.98 Å². The van der Waals surface area contributed by atoms with Gasteiger partial charge in [-0.05, 0) is 52.3 Å². The number of para-hydroxylation sites is 2. The van der Waals surface area contributed by atoms with Crippen molar-refractivity contribution in [2.24, 2.45) is 7.05 Å².